The number of carbonyl (C=O) groups excluding carboxylic acids is 1. The van der Waals surface area contributed by atoms with Gasteiger partial charge in [-0.05, 0) is 13.8 Å². The van der Waals surface area contributed by atoms with Crippen molar-refractivity contribution in [2.24, 2.45) is 0 Å². The van der Waals surface area contributed by atoms with Gasteiger partial charge in [0.2, 0.25) is 0 Å². The van der Waals surface area contributed by atoms with Crippen LogP contribution in [-0.2, 0) is 4.79 Å². The summed E-state index contributed by atoms with van der Waals surface area (Å²) in [5.41, 5.74) is 0. The largest absolute Gasteiger partial charge is 0.299 e. The van der Waals surface area contributed by atoms with Crippen molar-refractivity contribution in [3.8, 4) is 0 Å². The van der Waals surface area contributed by atoms with Crippen molar-refractivity contribution in [3.63, 3.8) is 0 Å². The van der Waals surface area contributed by atoms with Crippen molar-refractivity contribution in [1.82, 2.24) is 0 Å². The molecule has 0 radical (unpaired) electrons. The third-order valence-electron chi connectivity index (χ3n) is 1.24. The van der Waals surface area contributed by atoms with Crippen molar-refractivity contribution in [3.05, 3.63) is 0 Å². The number of hydrogen-bond acceptors (Lipinski definition) is 3. The van der Waals surface area contributed by atoms with Crippen LogP contribution in [0.5, 0.6) is 0 Å². The van der Waals surface area contributed by atoms with E-state index in [0.717, 1.165) is 0 Å². The van der Waals surface area contributed by atoms with Crippen molar-refractivity contribution in [2.45, 2.75) is 19.1 Å². The molecule has 0 aromatic rings. The van der Waals surface area contributed by atoms with Crippen molar-refractivity contribution in [1.29, 1.82) is 0 Å². The van der Waals surface area contributed by atoms with E-state index in [1.54, 1.807) is 0 Å². The number of ketones is 1. The smallest absolute Gasteiger partial charge is 0.151 e. The molecule has 2 N–H and O–H groups in total. The van der Waals surface area contributed by atoms with Gasteiger partial charge < -0.3 is 0 Å². The molecule has 0 aliphatic heterocycles. The Labute approximate surface area is 56.4 Å². The third-order valence-corrected chi connectivity index (χ3v) is 2.91. The molecule has 56 valence electrons. The van der Waals surface area contributed by atoms with Crippen LogP contribution >= 0.6 is 10.6 Å². The van der Waals surface area contributed by atoms with Gasteiger partial charge in [-0.1, -0.05) is 0 Å². The molecule has 9 heavy (non-hydrogen) atoms. The van der Waals surface area contributed by atoms with E-state index < -0.39 is 15.8 Å². The zero-order chi connectivity index (χ0) is 7.65. The van der Waals surface area contributed by atoms with E-state index in [4.69, 9.17) is 9.11 Å². The summed E-state index contributed by atoms with van der Waals surface area (Å²) in [7, 11) is -2.65. The number of rotatable bonds is 2. The highest BCUT2D eigenvalue weighted by Crippen LogP contribution is 2.39. The number of Topliss-reactive ketones (excluding diaryl/α,β-unsaturated/α-hetero) is 1. The average molecular weight is 152 g/mol. The van der Waals surface area contributed by atoms with Gasteiger partial charge in [-0.3, -0.25) is 13.9 Å². The summed E-state index contributed by atoms with van der Waals surface area (Å²) in [5.74, 6) is -0.183. The SMILES string of the molecule is CC(=O)C(C)S(C)(O)O. The summed E-state index contributed by atoms with van der Waals surface area (Å²) < 4.78 is 17.7. The topological polar surface area (TPSA) is 57.5 Å². The first-order valence-electron chi connectivity index (χ1n) is 2.58. The highest BCUT2D eigenvalue weighted by molar-refractivity contribution is 8.24. The highest BCUT2D eigenvalue weighted by Gasteiger charge is 2.19. The summed E-state index contributed by atoms with van der Waals surface area (Å²) in [5, 5.41) is -0.627. The van der Waals surface area contributed by atoms with E-state index in [1.807, 2.05) is 0 Å². The zero-order valence-electron chi connectivity index (χ0n) is 5.79. The predicted molar refractivity (Wildman–Crippen MR) is 38.9 cm³/mol. The molecule has 0 fully saturated rings. The molecule has 0 aliphatic carbocycles. The molecule has 0 amide bonds. The van der Waals surface area contributed by atoms with Crippen LogP contribution in [0.1, 0.15) is 13.8 Å². The fraction of sp³-hybridized carbons (Fsp3) is 0.800. The van der Waals surface area contributed by atoms with Crippen LogP contribution in [0, 0.1) is 0 Å². The maximum Gasteiger partial charge on any atom is 0.151 e. The first kappa shape index (κ1) is 8.94. The highest BCUT2D eigenvalue weighted by atomic mass is 32.3. The lowest BCUT2D eigenvalue weighted by molar-refractivity contribution is -0.116. The minimum Gasteiger partial charge on any atom is -0.299 e. The van der Waals surface area contributed by atoms with Crippen LogP contribution in [0.25, 0.3) is 0 Å². The maximum atomic E-state index is 10.5. The van der Waals surface area contributed by atoms with Crippen LogP contribution in [0.2, 0.25) is 0 Å². The second-order valence-electron chi connectivity index (χ2n) is 2.15. The lowest BCUT2D eigenvalue weighted by Crippen LogP contribution is -2.20. The van der Waals surface area contributed by atoms with Gasteiger partial charge in [0.25, 0.3) is 0 Å². The van der Waals surface area contributed by atoms with Gasteiger partial charge in [0.05, 0.1) is 0 Å². The standard InChI is InChI=1S/C5H12O3S/c1-4(6)5(2)9(3,7)8/h5,7-8H,1-3H3. The predicted octanol–water partition coefficient (Wildman–Crippen LogP) is 1.34. The molecule has 0 rings (SSSR count). The molecular formula is C5H12O3S. The molecule has 0 heterocycles. The maximum absolute atomic E-state index is 10.5. The Morgan fingerprint density at radius 1 is 1.56 bits per heavy atom. The van der Waals surface area contributed by atoms with Crippen LogP contribution in [0.3, 0.4) is 0 Å². The average Bonchev–Trinajstić information content (AvgIpc) is 1.62. The molecule has 0 aromatic carbocycles. The first-order valence-corrected chi connectivity index (χ1v) is 4.60. The lowest BCUT2D eigenvalue weighted by Gasteiger charge is -2.31. The van der Waals surface area contributed by atoms with Gasteiger partial charge in [0.1, 0.15) is 5.25 Å². The molecule has 0 bridgehead atoms. The Balaban J connectivity index is 4.04. The Bertz CT molecular complexity index is 116. The Morgan fingerprint density at radius 3 is 1.89 bits per heavy atom. The van der Waals surface area contributed by atoms with Crippen LogP contribution in [0.15, 0.2) is 0 Å². The van der Waals surface area contributed by atoms with Gasteiger partial charge in [-0.15, -0.1) is 0 Å². The van der Waals surface area contributed by atoms with E-state index in [1.165, 1.54) is 20.1 Å². The fourth-order valence-corrected chi connectivity index (χ4v) is 0.943. The monoisotopic (exact) mass is 152 g/mol. The van der Waals surface area contributed by atoms with Gasteiger partial charge in [-0.2, -0.15) is 10.6 Å². The van der Waals surface area contributed by atoms with E-state index in [0.29, 0.717) is 0 Å². The lowest BCUT2D eigenvalue weighted by atomic mass is 10.3. The minimum absolute atomic E-state index is 0.183. The van der Waals surface area contributed by atoms with Crippen LogP contribution in [0.4, 0.5) is 0 Å². The van der Waals surface area contributed by atoms with Crippen molar-refractivity contribution in [2.75, 3.05) is 6.26 Å². The minimum atomic E-state index is -2.65. The molecule has 0 aliphatic rings. The molecule has 0 aromatic heterocycles. The van der Waals surface area contributed by atoms with Crippen LogP contribution < -0.4 is 0 Å². The van der Waals surface area contributed by atoms with Crippen molar-refractivity contribution >= 4 is 16.4 Å². The number of hydrogen-bond donors (Lipinski definition) is 2. The first-order chi connectivity index (χ1) is 3.85. The molecule has 1 unspecified atom stereocenters. The third kappa shape index (κ3) is 2.84. The quantitative estimate of drug-likeness (QED) is 0.627. The zero-order valence-corrected chi connectivity index (χ0v) is 6.60. The van der Waals surface area contributed by atoms with E-state index in [-0.39, 0.29) is 5.78 Å². The Hall–Kier alpha value is -0.0600. The summed E-state index contributed by atoms with van der Waals surface area (Å²) in [6.07, 6.45) is 1.28. The summed E-state index contributed by atoms with van der Waals surface area (Å²) in [6, 6.07) is 0. The summed E-state index contributed by atoms with van der Waals surface area (Å²) in [4.78, 5) is 10.5. The Kier molecular flexibility index (Phi) is 2.66. The summed E-state index contributed by atoms with van der Waals surface area (Å²) in [6.45, 7) is 2.86. The van der Waals surface area contributed by atoms with E-state index >= 15 is 0 Å². The molecule has 4 heteroatoms. The Morgan fingerprint density at radius 2 is 1.89 bits per heavy atom. The van der Waals surface area contributed by atoms with E-state index in [9.17, 15) is 4.79 Å². The molecule has 1 atom stereocenters. The van der Waals surface area contributed by atoms with Crippen LogP contribution in [-0.4, -0.2) is 26.4 Å². The van der Waals surface area contributed by atoms with Gasteiger partial charge in [0.15, 0.2) is 5.78 Å². The second kappa shape index (κ2) is 2.68. The number of carbonyl (C=O) groups is 1. The molecule has 0 saturated heterocycles. The molecule has 3 nitrogen and oxygen atoms in total. The fourth-order valence-electron chi connectivity index (χ4n) is 0.314. The van der Waals surface area contributed by atoms with Crippen molar-refractivity contribution < 1.29 is 13.9 Å². The van der Waals surface area contributed by atoms with E-state index in [2.05, 4.69) is 0 Å². The second-order valence-corrected chi connectivity index (χ2v) is 4.64. The van der Waals surface area contributed by atoms with Gasteiger partial charge in [0, 0.05) is 6.26 Å². The van der Waals surface area contributed by atoms with Gasteiger partial charge in [-0.25, -0.2) is 0 Å². The molecule has 0 spiro atoms. The molecular weight excluding hydrogens is 140 g/mol. The molecule has 0 saturated carbocycles. The summed E-state index contributed by atoms with van der Waals surface area (Å²) >= 11 is 0. The normalized spacial score (nSPS) is 17.0. The van der Waals surface area contributed by atoms with Gasteiger partial charge >= 0.3 is 0 Å².